The Labute approximate surface area is 224 Å². The zero-order chi connectivity index (χ0) is 27.2. The Morgan fingerprint density at radius 3 is 1.33 bits per heavy atom. The van der Waals surface area contributed by atoms with Gasteiger partial charge in [0.25, 0.3) is 11.7 Å². The van der Waals surface area contributed by atoms with E-state index in [2.05, 4.69) is 12.2 Å². The van der Waals surface area contributed by atoms with Gasteiger partial charge in [-0.05, 0) is 48.0 Å². The van der Waals surface area contributed by atoms with E-state index in [0.717, 1.165) is 12.8 Å². The summed E-state index contributed by atoms with van der Waals surface area (Å²) in [5.41, 5.74) is 6.28. The molecular weight excluding hydrogens is 452 g/mol. The van der Waals surface area contributed by atoms with E-state index >= 15 is 0 Å². The van der Waals surface area contributed by atoms with Gasteiger partial charge in [0.2, 0.25) is 0 Å². The third-order valence-electron chi connectivity index (χ3n) is 6.25. The smallest absolute Gasteiger partial charge is 0.291 e. The lowest BCUT2D eigenvalue weighted by molar-refractivity contribution is -0.301. The molecule has 3 N–H and O–H groups in total. The Kier molecular flexibility index (Phi) is 21.9. The summed E-state index contributed by atoms with van der Waals surface area (Å²) in [7, 11) is 0. The molecule has 0 aliphatic rings. The van der Waals surface area contributed by atoms with Gasteiger partial charge in [0.05, 0.1) is 18.3 Å². The maximum atomic E-state index is 13.2. The van der Waals surface area contributed by atoms with Crippen molar-refractivity contribution in [1.29, 1.82) is 0 Å². The first-order chi connectivity index (χ1) is 17.2. The van der Waals surface area contributed by atoms with Crippen molar-refractivity contribution < 1.29 is 19.0 Å². The highest BCUT2D eigenvalue weighted by atomic mass is 16.7. The summed E-state index contributed by atoms with van der Waals surface area (Å²) < 4.78 is 17.7. The number of rotatable bonds is 25. The standard InChI is InChI=1S/C30H62N2O4/c1-8-9-10-11-12-13-14-15-16-17-18-19-20-21-22-23-24-32-29(33)30(35-26(4)5,36-27(6)7)28(31)34-25(2)3/h25-28H,8-24,31H2,1-7H3,(H,32,33). The van der Waals surface area contributed by atoms with Gasteiger partial charge >= 0.3 is 0 Å². The molecule has 6 heteroatoms. The first kappa shape index (κ1) is 35.3. The van der Waals surface area contributed by atoms with E-state index in [-0.39, 0.29) is 24.2 Å². The number of hydrogen-bond acceptors (Lipinski definition) is 5. The van der Waals surface area contributed by atoms with Gasteiger partial charge in [0.1, 0.15) is 0 Å². The summed E-state index contributed by atoms with van der Waals surface area (Å²) >= 11 is 0. The Bertz CT molecular complexity index is 501. The van der Waals surface area contributed by atoms with E-state index in [1.807, 2.05) is 41.5 Å². The molecule has 1 amide bonds. The number of carbonyl (C=O) groups excluding carboxylic acids is 1. The van der Waals surface area contributed by atoms with Crippen LogP contribution in [0.5, 0.6) is 0 Å². The summed E-state index contributed by atoms with van der Waals surface area (Å²) in [5.74, 6) is -2.03. The summed E-state index contributed by atoms with van der Waals surface area (Å²) in [6.07, 6.45) is 19.5. The van der Waals surface area contributed by atoms with Crippen LogP contribution in [0.1, 0.15) is 151 Å². The molecule has 0 saturated heterocycles. The minimum absolute atomic E-state index is 0.154. The molecule has 1 unspecified atom stereocenters. The number of nitrogens with two attached hydrogens (primary N) is 1. The van der Waals surface area contributed by atoms with E-state index in [1.165, 1.54) is 89.9 Å². The predicted octanol–water partition coefficient (Wildman–Crippen LogP) is 7.62. The molecule has 0 rings (SSSR count). The second kappa shape index (κ2) is 22.3. The van der Waals surface area contributed by atoms with Crippen molar-refractivity contribution in [1.82, 2.24) is 5.32 Å². The largest absolute Gasteiger partial charge is 0.355 e. The molecule has 0 fully saturated rings. The number of carbonyl (C=O) groups is 1. The van der Waals surface area contributed by atoms with E-state index in [4.69, 9.17) is 19.9 Å². The predicted molar refractivity (Wildman–Crippen MR) is 152 cm³/mol. The Hall–Kier alpha value is -0.690. The van der Waals surface area contributed by atoms with Crippen LogP contribution in [0, 0.1) is 0 Å². The van der Waals surface area contributed by atoms with E-state index in [9.17, 15) is 4.79 Å². The van der Waals surface area contributed by atoms with Crippen molar-refractivity contribution in [2.45, 2.75) is 182 Å². The van der Waals surface area contributed by atoms with Gasteiger partial charge in [0.15, 0.2) is 6.23 Å². The number of nitrogens with one attached hydrogen (secondary N) is 1. The topological polar surface area (TPSA) is 82.8 Å². The molecule has 0 aromatic rings. The average Bonchev–Trinajstić information content (AvgIpc) is 2.79. The van der Waals surface area contributed by atoms with Crippen molar-refractivity contribution in [2.24, 2.45) is 5.73 Å². The summed E-state index contributed by atoms with van der Waals surface area (Å²) in [6.45, 7) is 14.1. The van der Waals surface area contributed by atoms with Crippen molar-refractivity contribution in [3.05, 3.63) is 0 Å². The molecule has 1 atom stereocenters. The summed E-state index contributed by atoms with van der Waals surface area (Å²) in [6, 6.07) is 0. The van der Waals surface area contributed by atoms with Gasteiger partial charge in [0, 0.05) is 6.54 Å². The lowest BCUT2D eigenvalue weighted by Crippen LogP contribution is -2.64. The van der Waals surface area contributed by atoms with Crippen molar-refractivity contribution in [2.75, 3.05) is 6.54 Å². The summed E-state index contributed by atoms with van der Waals surface area (Å²) in [5, 5.41) is 2.99. The van der Waals surface area contributed by atoms with Gasteiger partial charge in [-0.2, -0.15) is 0 Å². The third-order valence-corrected chi connectivity index (χ3v) is 6.25. The number of unbranched alkanes of at least 4 members (excludes halogenated alkanes) is 15. The second-order valence-corrected chi connectivity index (χ2v) is 11.2. The molecule has 0 spiro atoms. The van der Waals surface area contributed by atoms with Crippen LogP contribution in [0.15, 0.2) is 0 Å². The van der Waals surface area contributed by atoms with E-state index in [0.29, 0.717) is 6.54 Å². The molecule has 216 valence electrons. The SMILES string of the molecule is CCCCCCCCCCCCCCCCCCNC(=O)C(OC(C)C)(OC(C)C)C(N)OC(C)C. The fraction of sp³-hybridized carbons (Fsp3) is 0.967. The minimum atomic E-state index is -1.67. The highest BCUT2D eigenvalue weighted by Gasteiger charge is 2.49. The fourth-order valence-corrected chi connectivity index (χ4v) is 4.48. The molecule has 0 bridgehead atoms. The zero-order valence-corrected chi connectivity index (χ0v) is 25.0. The van der Waals surface area contributed by atoms with Crippen LogP contribution in [0.25, 0.3) is 0 Å². The zero-order valence-electron chi connectivity index (χ0n) is 25.0. The van der Waals surface area contributed by atoms with Crippen LogP contribution in [-0.4, -0.2) is 42.8 Å². The number of amides is 1. The fourth-order valence-electron chi connectivity index (χ4n) is 4.48. The lowest BCUT2D eigenvalue weighted by Gasteiger charge is -2.39. The quantitative estimate of drug-likeness (QED) is 0.0967. The Morgan fingerprint density at radius 1 is 0.639 bits per heavy atom. The second-order valence-electron chi connectivity index (χ2n) is 11.2. The van der Waals surface area contributed by atoms with Crippen LogP contribution >= 0.6 is 0 Å². The van der Waals surface area contributed by atoms with Crippen molar-refractivity contribution in [3.63, 3.8) is 0 Å². The van der Waals surface area contributed by atoms with Crippen molar-refractivity contribution in [3.8, 4) is 0 Å². The molecule has 6 nitrogen and oxygen atoms in total. The first-order valence-corrected chi connectivity index (χ1v) is 15.2. The van der Waals surface area contributed by atoms with Gasteiger partial charge in [-0.25, -0.2) is 0 Å². The monoisotopic (exact) mass is 514 g/mol. The van der Waals surface area contributed by atoms with Crippen LogP contribution in [0.2, 0.25) is 0 Å². The van der Waals surface area contributed by atoms with Gasteiger partial charge < -0.3 is 25.3 Å². The lowest BCUT2D eigenvalue weighted by atomic mass is 10.0. The molecule has 36 heavy (non-hydrogen) atoms. The minimum Gasteiger partial charge on any atom is -0.355 e. The highest BCUT2D eigenvalue weighted by molar-refractivity contribution is 5.84. The maximum absolute atomic E-state index is 13.2. The molecular formula is C30H62N2O4. The third kappa shape index (κ3) is 17.7. The molecule has 0 heterocycles. The van der Waals surface area contributed by atoms with Crippen molar-refractivity contribution >= 4 is 5.91 Å². The Morgan fingerprint density at radius 2 is 1.00 bits per heavy atom. The van der Waals surface area contributed by atoms with E-state index < -0.39 is 12.0 Å². The maximum Gasteiger partial charge on any atom is 0.291 e. The molecule has 0 saturated carbocycles. The molecule has 0 radical (unpaired) electrons. The van der Waals surface area contributed by atoms with Crippen LogP contribution in [0.3, 0.4) is 0 Å². The number of ether oxygens (including phenoxy) is 3. The van der Waals surface area contributed by atoms with Crippen LogP contribution in [-0.2, 0) is 19.0 Å². The van der Waals surface area contributed by atoms with Crippen LogP contribution in [0.4, 0.5) is 0 Å². The molecule has 0 aromatic carbocycles. The normalized spacial score (nSPS) is 13.2. The molecule has 0 aliphatic heterocycles. The Balaban J connectivity index is 4.08. The first-order valence-electron chi connectivity index (χ1n) is 15.2. The summed E-state index contributed by atoms with van der Waals surface area (Å²) in [4.78, 5) is 13.2. The van der Waals surface area contributed by atoms with E-state index in [1.54, 1.807) is 0 Å². The average molecular weight is 515 g/mol. The van der Waals surface area contributed by atoms with Gasteiger partial charge in [-0.3, -0.25) is 4.79 Å². The molecule has 0 aliphatic carbocycles. The van der Waals surface area contributed by atoms with Gasteiger partial charge in [-0.1, -0.05) is 103 Å². The number of hydrogen-bond donors (Lipinski definition) is 2. The van der Waals surface area contributed by atoms with Gasteiger partial charge in [-0.15, -0.1) is 0 Å². The van der Waals surface area contributed by atoms with Crippen LogP contribution < -0.4 is 11.1 Å². The molecule has 0 aromatic heterocycles. The highest BCUT2D eigenvalue weighted by Crippen LogP contribution is 2.24.